The van der Waals surface area contributed by atoms with Gasteiger partial charge in [-0.15, -0.1) is 0 Å². The Balaban J connectivity index is 2.66. The van der Waals surface area contributed by atoms with Crippen molar-refractivity contribution in [3.05, 3.63) is 39.5 Å². The fourth-order valence-electron chi connectivity index (χ4n) is 1.63. The van der Waals surface area contributed by atoms with Gasteiger partial charge in [0.25, 0.3) is 0 Å². The number of aromatic nitrogens is 1. The van der Waals surface area contributed by atoms with E-state index in [0.717, 1.165) is 0 Å². The van der Waals surface area contributed by atoms with Crippen LogP contribution in [0.15, 0.2) is 24.3 Å². The minimum absolute atomic E-state index is 0.186. The quantitative estimate of drug-likeness (QED) is 0.767. The molecule has 2 rings (SSSR count). The van der Waals surface area contributed by atoms with Gasteiger partial charge in [-0.2, -0.15) is 0 Å². The van der Waals surface area contributed by atoms with Crippen LogP contribution in [0.2, 0.25) is 15.2 Å². The molecule has 1 heterocycles. The summed E-state index contributed by atoms with van der Waals surface area (Å²) in [5, 5.41) is 0.879. The van der Waals surface area contributed by atoms with E-state index < -0.39 is 0 Å². The molecule has 3 nitrogen and oxygen atoms in total. The molecule has 1 aromatic carbocycles. The first kappa shape index (κ1) is 14.3. The largest absolute Gasteiger partial charge is 0.497 e. The Morgan fingerprint density at radius 2 is 1.68 bits per heavy atom. The molecule has 0 aliphatic carbocycles. The van der Waals surface area contributed by atoms with Crippen molar-refractivity contribution < 1.29 is 9.47 Å². The van der Waals surface area contributed by atoms with Crippen molar-refractivity contribution in [2.75, 3.05) is 14.2 Å². The van der Waals surface area contributed by atoms with Crippen LogP contribution in [0.4, 0.5) is 0 Å². The number of pyridine rings is 1. The van der Waals surface area contributed by atoms with Crippen molar-refractivity contribution in [3.63, 3.8) is 0 Å². The Hall–Kier alpha value is -1.16. The van der Waals surface area contributed by atoms with Crippen LogP contribution in [0.3, 0.4) is 0 Å². The first-order chi connectivity index (χ1) is 9.06. The molecular formula is C13H10Cl3NO2. The third kappa shape index (κ3) is 2.89. The monoisotopic (exact) mass is 317 g/mol. The summed E-state index contributed by atoms with van der Waals surface area (Å²) in [5.41, 5.74) is 1.18. The number of methoxy groups -OCH3 is 2. The molecule has 19 heavy (non-hydrogen) atoms. The highest BCUT2D eigenvalue weighted by Gasteiger charge is 2.15. The summed E-state index contributed by atoms with van der Waals surface area (Å²) < 4.78 is 10.5. The lowest BCUT2D eigenvalue weighted by molar-refractivity contribution is 0.404. The van der Waals surface area contributed by atoms with E-state index in [9.17, 15) is 0 Å². The molecule has 0 N–H and O–H groups in total. The minimum atomic E-state index is 0.186. The van der Waals surface area contributed by atoms with Crippen LogP contribution in [0.25, 0.3) is 11.3 Å². The third-order valence-electron chi connectivity index (χ3n) is 2.55. The average Bonchev–Trinajstić information content (AvgIpc) is 2.42. The minimum Gasteiger partial charge on any atom is -0.497 e. The van der Waals surface area contributed by atoms with Crippen LogP contribution in [-0.2, 0) is 0 Å². The molecule has 100 valence electrons. The molecule has 0 unspecified atom stereocenters. The standard InChI is InChI=1S/C13H10Cl3NO2/c1-18-7-3-4-11(19-2)8(5-7)12-9(14)6-10(15)13(16)17-12/h3-6H,1-2H3. The average molecular weight is 319 g/mol. The molecule has 0 amide bonds. The Bertz CT molecular complexity index is 617. The van der Waals surface area contributed by atoms with Crippen molar-refractivity contribution in [1.82, 2.24) is 4.98 Å². The molecule has 0 spiro atoms. The fourth-order valence-corrected chi connectivity index (χ4v) is 2.23. The van der Waals surface area contributed by atoms with E-state index in [1.165, 1.54) is 0 Å². The number of halogens is 3. The smallest absolute Gasteiger partial charge is 0.148 e. The van der Waals surface area contributed by atoms with Crippen molar-refractivity contribution in [1.29, 1.82) is 0 Å². The first-order valence-electron chi connectivity index (χ1n) is 5.30. The molecular weight excluding hydrogens is 309 g/mol. The van der Waals surface area contributed by atoms with E-state index in [4.69, 9.17) is 44.3 Å². The number of hydrogen-bond donors (Lipinski definition) is 0. The highest BCUT2D eigenvalue weighted by atomic mass is 35.5. The highest BCUT2D eigenvalue weighted by molar-refractivity contribution is 6.43. The topological polar surface area (TPSA) is 31.4 Å². The second-order valence-electron chi connectivity index (χ2n) is 3.66. The van der Waals surface area contributed by atoms with Crippen LogP contribution < -0.4 is 9.47 Å². The lowest BCUT2D eigenvalue weighted by atomic mass is 10.1. The molecule has 0 aliphatic rings. The maximum Gasteiger partial charge on any atom is 0.148 e. The molecule has 0 aliphatic heterocycles. The highest BCUT2D eigenvalue weighted by Crippen LogP contribution is 2.38. The lowest BCUT2D eigenvalue weighted by Crippen LogP contribution is -1.93. The maximum absolute atomic E-state index is 6.16. The normalized spacial score (nSPS) is 10.4. The second-order valence-corrected chi connectivity index (χ2v) is 4.83. The van der Waals surface area contributed by atoms with Gasteiger partial charge in [0.2, 0.25) is 0 Å². The van der Waals surface area contributed by atoms with Gasteiger partial charge in [0, 0.05) is 5.56 Å². The van der Waals surface area contributed by atoms with E-state index in [-0.39, 0.29) is 5.15 Å². The zero-order valence-corrected chi connectivity index (χ0v) is 12.5. The second kappa shape index (κ2) is 5.87. The summed E-state index contributed by atoms with van der Waals surface area (Å²) in [6.45, 7) is 0. The number of nitrogens with zero attached hydrogens (tertiary/aromatic N) is 1. The molecule has 2 aromatic rings. The van der Waals surface area contributed by atoms with Crippen LogP contribution in [0.1, 0.15) is 0 Å². The zero-order valence-electron chi connectivity index (χ0n) is 10.2. The van der Waals surface area contributed by atoms with Gasteiger partial charge in [-0.05, 0) is 24.3 Å². The predicted octanol–water partition coefficient (Wildman–Crippen LogP) is 4.73. The van der Waals surface area contributed by atoms with E-state index in [2.05, 4.69) is 4.98 Å². The van der Waals surface area contributed by atoms with Gasteiger partial charge >= 0.3 is 0 Å². The SMILES string of the molecule is COc1ccc(OC)c(-c2nc(Cl)c(Cl)cc2Cl)c1. The zero-order chi connectivity index (χ0) is 14.0. The van der Waals surface area contributed by atoms with Crippen molar-refractivity contribution in [3.8, 4) is 22.8 Å². The van der Waals surface area contributed by atoms with Crippen molar-refractivity contribution in [2.24, 2.45) is 0 Å². The summed E-state index contributed by atoms with van der Waals surface area (Å²) in [4.78, 5) is 4.19. The molecule has 0 saturated carbocycles. The van der Waals surface area contributed by atoms with Crippen LogP contribution >= 0.6 is 34.8 Å². The van der Waals surface area contributed by atoms with Gasteiger partial charge in [-0.1, -0.05) is 34.8 Å². The molecule has 0 radical (unpaired) electrons. The van der Waals surface area contributed by atoms with E-state index >= 15 is 0 Å². The van der Waals surface area contributed by atoms with Gasteiger partial charge in [0.05, 0.1) is 30.0 Å². The van der Waals surface area contributed by atoms with Crippen LogP contribution in [0.5, 0.6) is 11.5 Å². The molecule has 1 aromatic heterocycles. The number of rotatable bonds is 3. The summed E-state index contributed by atoms with van der Waals surface area (Å²) >= 11 is 18.0. The summed E-state index contributed by atoms with van der Waals surface area (Å²) in [7, 11) is 3.15. The van der Waals surface area contributed by atoms with Gasteiger partial charge in [0.15, 0.2) is 0 Å². The predicted molar refractivity (Wildman–Crippen MR) is 77.8 cm³/mol. The van der Waals surface area contributed by atoms with Gasteiger partial charge in [0.1, 0.15) is 16.7 Å². The molecule has 0 saturated heterocycles. The summed E-state index contributed by atoms with van der Waals surface area (Å²) in [6.07, 6.45) is 0. The van der Waals surface area contributed by atoms with E-state index in [0.29, 0.717) is 32.8 Å². The van der Waals surface area contributed by atoms with Gasteiger partial charge in [-0.3, -0.25) is 0 Å². The Morgan fingerprint density at radius 1 is 0.947 bits per heavy atom. The third-order valence-corrected chi connectivity index (χ3v) is 3.51. The van der Waals surface area contributed by atoms with E-state index in [1.54, 1.807) is 38.5 Å². The van der Waals surface area contributed by atoms with Crippen molar-refractivity contribution in [2.45, 2.75) is 0 Å². The Labute approximate surface area is 126 Å². The summed E-state index contributed by atoms with van der Waals surface area (Å²) in [6, 6.07) is 6.88. The Morgan fingerprint density at radius 3 is 2.32 bits per heavy atom. The number of hydrogen-bond acceptors (Lipinski definition) is 3. The Kier molecular flexibility index (Phi) is 4.40. The van der Waals surface area contributed by atoms with Gasteiger partial charge in [-0.25, -0.2) is 4.98 Å². The molecule has 6 heteroatoms. The molecule has 0 atom stereocenters. The maximum atomic E-state index is 6.16. The lowest BCUT2D eigenvalue weighted by Gasteiger charge is -2.11. The van der Waals surface area contributed by atoms with Crippen LogP contribution in [-0.4, -0.2) is 19.2 Å². The van der Waals surface area contributed by atoms with Crippen LogP contribution in [0, 0.1) is 0 Å². The first-order valence-corrected chi connectivity index (χ1v) is 6.44. The van der Waals surface area contributed by atoms with Gasteiger partial charge < -0.3 is 9.47 Å². The van der Waals surface area contributed by atoms with Crippen molar-refractivity contribution >= 4 is 34.8 Å². The number of ether oxygens (including phenoxy) is 2. The fraction of sp³-hybridized carbons (Fsp3) is 0.154. The van der Waals surface area contributed by atoms with E-state index in [1.807, 2.05) is 0 Å². The number of benzene rings is 1. The molecule has 0 bridgehead atoms. The molecule has 0 fully saturated rings. The summed E-state index contributed by atoms with van der Waals surface area (Å²) in [5.74, 6) is 1.29.